The van der Waals surface area contributed by atoms with Gasteiger partial charge in [-0.2, -0.15) is 0 Å². The Bertz CT molecular complexity index is 1220. The third-order valence-electron chi connectivity index (χ3n) is 4.30. The van der Waals surface area contributed by atoms with Crippen LogP contribution in [0.25, 0.3) is 11.0 Å². The zero-order valence-corrected chi connectivity index (χ0v) is 15.2. The molecule has 29 heavy (non-hydrogen) atoms. The van der Waals surface area contributed by atoms with E-state index in [2.05, 4.69) is 10.6 Å². The van der Waals surface area contributed by atoms with Gasteiger partial charge in [0.2, 0.25) is 0 Å². The third-order valence-corrected chi connectivity index (χ3v) is 4.30. The van der Waals surface area contributed by atoms with Gasteiger partial charge in [-0.3, -0.25) is 9.59 Å². The second-order valence-corrected chi connectivity index (χ2v) is 6.30. The Balaban J connectivity index is 1.40. The number of hydrogen-bond acceptors (Lipinski definition) is 5. The van der Waals surface area contributed by atoms with Crippen molar-refractivity contribution in [2.45, 2.75) is 6.54 Å². The molecule has 0 aliphatic rings. The molecule has 0 atom stereocenters. The number of benzene rings is 2. The van der Waals surface area contributed by atoms with Crippen molar-refractivity contribution in [1.29, 1.82) is 0 Å². The van der Waals surface area contributed by atoms with E-state index in [1.54, 1.807) is 60.7 Å². The Morgan fingerprint density at radius 1 is 0.897 bits per heavy atom. The monoisotopic (exact) mass is 388 g/mol. The van der Waals surface area contributed by atoms with Crippen molar-refractivity contribution >= 4 is 28.5 Å². The first kappa shape index (κ1) is 18.2. The predicted molar refractivity (Wildman–Crippen MR) is 107 cm³/mol. The van der Waals surface area contributed by atoms with Crippen molar-refractivity contribution in [1.82, 2.24) is 5.32 Å². The van der Waals surface area contributed by atoms with Crippen molar-refractivity contribution in [2.75, 3.05) is 5.32 Å². The highest BCUT2D eigenvalue weighted by Gasteiger charge is 2.13. The van der Waals surface area contributed by atoms with Crippen molar-refractivity contribution in [3.8, 4) is 0 Å². The summed E-state index contributed by atoms with van der Waals surface area (Å²) in [6, 6.07) is 18.7. The Morgan fingerprint density at radius 3 is 2.45 bits per heavy atom. The fourth-order valence-electron chi connectivity index (χ4n) is 2.80. The second-order valence-electron chi connectivity index (χ2n) is 6.30. The van der Waals surface area contributed by atoms with E-state index in [1.807, 2.05) is 0 Å². The fourth-order valence-corrected chi connectivity index (χ4v) is 2.80. The van der Waals surface area contributed by atoms with Crippen LogP contribution in [0.1, 0.15) is 26.5 Å². The summed E-state index contributed by atoms with van der Waals surface area (Å²) in [6.45, 7) is 0.220. The average molecular weight is 388 g/mol. The van der Waals surface area contributed by atoms with Crippen molar-refractivity contribution in [2.24, 2.45) is 0 Å². The van der Waals surface area contributed by atoms with Gasteiger partial charge < -0.3 is 19.5 Å². The van der Waals surface area contributed by atoms with Crippen LogP contribution in [0.15, 0.2) is 86.6 Å². The molecule has 0 radical (unpaired) electrons. The number of carbonyl (C=O) groups excluding carboxylic acids is 2. The van der Waals surface area contributed by atoms with Crippen LogP contribution in [-0.4, -0.2) is 11.8 Å². The molecule has 0 saturated carbocycles. The molecule has 2 N–H and O–H groups in total. The molecule has 0 saturated heterocycles. The van der Waals surface area contributed by atoms with E-state index in [9.17, 15) is 14.4 Å². The zero-order valence-electron chi connectivity index (χ0n) is 15.2. The van der Waals surface area contributed by atoms with E-state index < -0.39 is 11.5 Å². The van der Waals surface area contributed by atoms with Crippen LogP contribution in [-0.2, 0) is 6.54 Å². The first-order valence-corrected chi connectivity index (χ1v) is 8.85. The maximum Gasteiger partial charge on any atom is 0.349 e. The molecule has 7 nitrogen and oxygen atoms in total. The minimum atomic E-state index is -0.683. The molecule has 144 valence electrons. The van der Waals surface area contributed by atoms with Crippen molar-refractivity contribution in [3.05, 3.63) is 100 Å². The number of carbonyl (C=O) groups is 2. The van der Waals surface area contributed by atoms with Crippen LogP contribution in [0.5, 0.6) is 0 Å². The van der Waals surface area contributed by atoms with Gasteiger partial charge in [-0.25, -0.2) is 4.79 Å². The lowest BCUT2D eigenvalue weighted by Crippen LogP contribution is -2.27. The molecular formula is C22H16N2O5. The number of hydrogen-bond donors (Lipinski definition) is 2. The molecule has 0 bridgehead atoms. The van der Waals surface area contributed by atoms with E-state index in [0.717, 1.165) is 5.56 Å². The Morgan fingerprint density at radius 2 is 1.69 bits per heavy atom. The van der Waals surface area contributed by atoms with Gasteiger partial charge in [0.05, 0.1) is 6.26 Å². The van der Waals surface area contributed by atoms with Crippen LogP contribution in [0.2, 0.25) is 0 Å². The van der Waals surface area contributed by atoms with Gasteiger partial charge in [0.15, 0.2) is 5.76 Å². The summed E-state index contributed by atoms with van der Waals surface area (Å²) < 4.78 is 10.2. The quantitative estimate of drug-likeness (QED) is 0.509. The van der Waals surface area contributed by atoms with E-state index in [4.69, 9.17) is 8.83 Å². The summed E-state index contributed by atoms with van der Waals surface area (Å²) in [7, 11) is 0. The molecule has 0 aliphatic carbocycles. The van der Waals surface area contributed by atoms with E-state index in [-0.39, 0.29) is 23.8 Å². The van der Waals surface area contributed by atoms with Crippen LogP contribution in [0.4, 0.5) is 5.69 Å². The molecule has 2 aromatic carbocycles. The van der Waals surface area contributed by atoms with E-state index >= 15 is 0 Å². The van der Waals surface area contributed by atoms with Gasteiger partial charge in [0.1, 0.15) is 11.1 Å². The van der Waals surface area contributed by atoms with Gasteiger partial charge in [0, 0.05) is 17.6 Å². The molecular weight excluding hydrogens is 372 g/mol. The van der Waals surface area contributed by atoms with E-state index in [0.29, 0.717) is 16.7 Å². The SMILES string of the molecule is O=C(Nc1ccc(CNC(=O)c2cc3ccccc3oc2=O)cc1)c1ccco1. The third kappa shape index (κ3) is 4.08. The number of nitrogens with one attached hydrogen (secondary N) is 2. The average Bonchev–Trinajstić information content (AvgIpc) is 3.27. The zero-order chi connectivity index (χ0) is 20.2. The standard InChI is InChI=1S/C22H16N2O5/c25-20(17-12-15-4-1-2-5-18(15)29-22(17)27)23-13-14-7-9-16(10-8-14)24-21(26)19-6-3-11-28-19/h1-12H,13H2,(H,23,25)(H,24,26). The van der Waals surface area contributed by atoms with Crippen molar-refractivity contribution in [3.63, 3.8) is 0 Å². The molecule has 0 fully saturated rings. The highest BCUT2D eigenvalue weighted by Crippen LogP contribution is 2.14. The molecule has 7 heteroatoms. The van der Waals surface area contributed by atoms with Crippen LogP contribution in [0.3, 0.4) is 0 Å². The molecule has 0 spiro atoms. The number of anilines is 1. The summed E-state index contributed by atoms with van der Waals surface area (Å²) in [5.41, 5.74) is 1.10. The number of furan rings is 1. The van der Waals surface area contributed by atoms with Crippen LogP contribution in [0, 0.1) is 0 Å². The van der Waals surface area contributed by atoms with Crippen molar-refractivity contribution < 1.29 is 18.4 Å². The molecule has 2 heterocycles. The first-order chi connectivity index (χ1) is 14.1. The summed E-state index contributed by atoms with van der Waals surface area (Å²) in [6.07, 6.45) is 1.43. The molecule has 0 unspecified atom stereocenters. The largest absolute Gasteiger partial charge is 0.459 e. The normalized spacial score (nSPS) is 10.6. The molecule has 2 aromatic heterocycles. The summed E-state index contributed by atoms with van der Waals surface area (Å²) in [5.74, 6) is -0.644. The molecule has 0 aliphatic heterocycles. The highest BCUT2D eigenvalue weighted by atomic mass is 16.4. The minimum Gasteiger partial charge on any atom is -0.459 e. The Hall–Kier alpha value is -4.13. The second kappa shape index (κ2) is 7.85. The maximum atomic E-state index is 12.4. The van der Waals surface area contributed by atoms with E-state index in [1.165, 1.54) is 12.3 Å². The topological polar surface area (TPSA) is 102 Å². The lowest BCUT2D eigenvalue weighted by molar-refractivity contribution is 0.0946. The maximum absolute atomic E-state index is 12.4. The van der Waals surface area contributed by atoms with Gasteiger partial charge >= 0.3 is 5.63 Å². The minimum absolute atomic E-state index is 0.0500. The van der Waals surface area contributed by atoms with Gasteiger partial charge in [-0.05, 0) is 42.0 Å². The summed E-state index contributed by atoms with van der Waals surface area (Å²) >= 11 is 0. The Kier molecular flexibility index (Phi) is 4.94. The lowest BCUT2D eigenvalue weighted by Gasteiger charge is -2.07. The van der Waals surface area contributed by atoms with Crippen LogP contribution >= 0.6 is 0 Å². The Labute approximate surface area is 165 Å². The number of rotatable bonds is 5. The molecule has 4 aromatic rings. The lowest BCUT2D eigenvalue weighted by atomic mass is 10.1. The molecule has 4 rings (SSSR count). The highest BCUT2D eigenvalue weighted by molar-refractivity contribution is 6.02. The van der Waals surface area contributed by atoms with Gasteiger partial charge in [-0.15, -0.1) is 0 Å². The summed E-state index contributed by atoms with van der Waals surface area (Å²) in [4.78, 5) is 36.4. The number of para-hydroxylation sites is 1. The molecule has 2 amide bonds. The first-order valence-electron chi connectivity index (χ1n) is 8.85. The van der Waals surface area contributed by atoms with Gasteiger partial charge in [-0.1, -0.05) is 30.3 Å². The summed E-state index contributed by atoms with van der Waals surface area (Å²) in [5, 5.41) is 6.09. The number of amides is 2. The smallest absolute Gasteiger partial charge is 0.349 e. The van der Waals surface area contributed by atoms with Gasteiger partial charge in [0.25, 0.3) is 11.8 Å². The fraction of sp³-hybridized carbons (Fsp3) is 0.0455. The number of fused-ring (bicyclic) bond motifs is 1. The predicted octanol–water partition coefficient (Wildman–Crippen LogP) is 3.57. The van der Waals surface area contributed by atoms with Crippen LogP contribution < -0.4 is 16.3 Å².